The van der Waals surface area contributed by atoms with E-state index in [-0.39, 0.29) is 12.3 Å². The highest BCUT2D eigenvalue weighted by Gasteiger charge is 2.23. The van der Waals surface area contributed by atoms with Crippen molar-refractivity contribution in [3.8, 4) is 0 Å². The second-order valence-corrected chi connectivity index (χ2v) is 6.20. The van der Waals surface area contributed by atoms with E-state index in [2.05, 4.69) is 5.10 Å². The first kappa shape index (κ1) is 15.8. The molecule has 4 nitrogen and oxygen atoms in total. The Hall–Kier alpha value is -2.04. The van der Waals surface area contributed by atoms with Gasteiger partial charge in [-0.25, -0.2) is 5.01 Å². The maximum absolute atomic E-state index is 12.4. The molecule has 1 amide bonds. The van der Waals surface area contributed by atoms with Gasteiger partial charge in [-0.1, -0.05) is 35.3 Å². The fraction of sp³-hybridized carbons (Fsp3) is 0.176. The summed E-state index contributed by atoms with van der Waals surface area (Å²) in [6.45, 7) is 0.541. The smallest absolute Gasteiger partial charge is 0.247 e. The summed E-state index contributed by atoms with van der Waals surface area (Å²) in [6, 6.07) is 12.5. The van der Waals surface area contributed by atoms with Gasteiger partial charge in [-0.15, -0.1) is 0 Å². The third-order valence-corrected chi connectivity index (χ3v) is 4.20. The molecule has 2 aromatic carbocycles. The summed E-state index contributed by atoms with van der Waals surface area (Å²) in [5, 5.41) is 7.06. The molecule has 23 heavy (non-hydrogen) atoms. The SMILES string of the molecule is Nc1cccc(CC(=O)N2CCC(c3cc(Cl)ccc3Cl)=N2)c1. The molecule has 0 radical (unpaired) electrons. The molecule has 0 saturated heterocycles. The highest BCUT2D eigenvalue weighted by molar-refractivity contribution is 6.36. The van der Waals surface area contributed by atoms with Crippen LogP contribution in [0.5, 0.6) is 0 Å². The average molecular weight is 348 g/mol. The third kappa shape index (κ3) is 3.66. The number of hydrazone groups is 1. The van der Waals surface area contributed by atoms with Gasteiger partial charge in [-0.3, -0.25) is 4.79 Å². The largest absolute Gasteiger partial charge is 0.399 e. The quantitative estimate of drug-likeness (QED) is 0.859. The summed E-state index contributed by atoms with van der Waals surface area (Å²) in [4.78, 5) is 12.4. The van der Waals surface area contributed by atoms with Gasteiger partial charge in [0.05, 0.1) is 18.7 Å². The van der Waals surface area contributed by atoms with E-state index in [1.54, 1.807) is 30.3 Å². The number of rotatable bonds is 3. The predicted octanol–water partition coefficient (Wildman–Crippen LogP) is 3.75. The molecule has 1 aliphatic heterocycles. The highest BCUT2D eigenvalue weighted by atomic mass is 35.5. The third-order valence-electron chi connectivity index (χ3n) is 3.64. The van der Waals surface area contributed by atoms with E-state index >= 15 is 0 Å². The van der Waals surface area contributed by atoms with Crippen LogP contribution in [-0.2, 0) is 11.2 Å². The van der Waals surface area contributed by atoms with Gasteiger partial charge in [0.25, 0.3) is 0 Å². The molecule has 0 saturated carbocycles. The number of anilines is 1. The molecule has 1 heterocycles. The Morgan fingerprint density at radius 2 is 2.04 bits per heavy atom. The zero-order chi connectivity index (χ0) is 16.4. The van der Waals surface area contributed by atoms with Gasteiger partial charge in [0.1, 0.15) is 0 Å². The molecule has 0 bridgehead atoms. The molecule has 0 unspecified atom stereocenters. The Kier molecular flexibility index (Phi) is 4.55. The van der Waals surface area contributed by atoms with E-state index in [0.29, 0.717) is 28.7 Å². The molecule has 118 valence electrons. The molecule has 2 aromatic rings. The normalized spacial score (nSPS) is 14.0. The Labute approximate surface area is 144 Å². The van der Waals surface area contributed by atoms with Crippen LogP contribution in [0, 0.1) is 0 Å². The number of hydrogen-bond donors (Lipinski definition) is 1. The number of carbonyl (C=O) groups excluding carboxylic acids is 1. The van der Waals surface area contributed by atoms with Crippen LogP contribution in [-0.4, -0.2) is 23.2 Å². The molecule has 2 N–H and O–H groups in total. The molecule has 3 rings (SSSR count). The van der Waals surface area contributed by atoms with E-state index in [4.69, 9.17) is 28.9 Å². The Morgan fingerprint density at radius 3 is 2.83 bits per heavy atom. The molecule has 6 heteroatoms. The lowest BCUT2D eigenvalue weighted by molar-refractivity contribution is -0.130. The predicted molar refractivity (Wildman–Crippen MR) is 93.9 cm³/mol. The fourth-order valence-corrected chi connectivity index (χ4v) is 2.91. The van der Waals surface area contributed by atoms with E-state index in [0.717, 1.165) is 16.8 Å². The molecule has 1 aliphatic rings. The molecule has 0 aromatic heterocycles. The molecule has 0 atom stereocenters. The topological polar surface area (TPSA) is 58.7 Å². The first-order chi connectivity index (χ1) is 11.0. The first-order valence-corrected chi connectivity index (χ1v) is 7.96. The zero-order valence-corrected chi connectivity index (χ0v) is 13.8. The molecule has 0 spiro atoms. The van der Waals surface area contributed by atoms with Gasteiger partial charge in [0.2, 0.25) is 5.91 Å². The van der Waals surface area contributed by atoms with Crippen molar-refractivity contribution in [2.24, 2.45) is 5.10 Å². The number of nitrogen functional groups attached to an aromatic ring is 1. The maximum Gasteiger partial charge on any atom is 0.247 e. The van der Waals surface area contributed by atoms with Crippen LogP contribution in [0.4, 0.5) is 5.69 Å². The average Bonchev–Trinajstić information content (AvgIpc) is 2.99. The highest BCUT2D eigenvalue weighted by Crippen LogP contribution is 2.25. The van der Waals surface area contributed by atoms with Crippen molar-refractivity contribution in [3.05, 3.63) is 63.6 Å². The summed E-state index contributed by atoms with van der Waals surface area (Å²) in [7, 11) is 0. The van der Waals surface area contributed by atoms with Gasteiger partial charge < -0.3 is 5.73 Å². The van der Waals surface area contributed by atoms with Gasteiger partial charge >= 0.3 is 0 Å². The summed E-state index contributed by atoms with van der Waals surface area (Å²) in [6.07, 6.45) is 0.924. The summed E-state index contributed by atoms with van der Waals surface area (Å²) in [5.74, 6) is -0.0660. The van der Waals surface area contributed by atoms with E-state index in [1.165, 1.54) is 5.01 Å². The van der Waals surface area contributed by atoms with Crippen molar-refractivity contribution < 1.29 is 4.79 Å². The van der Waals surface area contributed by atoms with Crippen molar-refractivity contribution in [1.82, 2.24) is 5.01 Å². The standard InChI is InChI=1S/C17H15Cl2N3O/c18-12-4-5-15(19)14(10-12)16-6-7-22(21-16)17(23)9-11-2-1-3-13(20)8-11/h1-5,8,10H,6-7,9,20H2. The molecule has 0 aliphatic carbocycles. The van der Waals surface area contributed by atoms with E-state index in [9.17, 15) is 4.79 Å². The number of hydrogen-bond acceptors (Lipinski definition) is 3. The Bertz CT molecular complexity index is 789. The second kappa shape index (κ2) is 6.60. The number of carbonyl (C=O) groups is 1. The van der Waals surface area contributed by atoms with Gasteiger partial charge in [-0.2, -0.15) is 5.10 Å². The van der Waals surface area contributed by atoms with Crippen molar-refractivity contribution >= 4 is 40.5 Å². The Balaban J connectivity index is 1.76. The number of amides is 1. The lowest BCUT2D eigenvalue weighted by Crippen LogP contribution is -2.25. The van der Waals surface area contributed by atoms with Crippen LogP contribution < -0.4 is 5.73 Å². The lowest BCUT2D eigenvalue weighted by Gasteiger charge is -2.11. The number of halogens is 2. The van der Waals surface area contributed by atoms with E-state index < -0.39 is 0 Å². The van der Waals surface area contributed by atoms with Crippen molar-refractivity contribution in [2.75, 3.05) is 12.3 Å². The van der Waals surface area contributed by atoms with Crippen LogP contribution in [0.2, 0.25) is 10.0 Å². The molecular formula is C17H15Cl2N3O. The van der Waals surface area contributed by atoms with Crippen LogP contribution in [0.1, 0.15) is 17.5 Å². The fourth-order valence-electron chi connectivity index (χ4n) is 2.51. The van der Waals surface area contributed by atoms with Gasteiger partial charge in [0.15, 0.2) is 0 Å². The number of nitrogens with two attached hydrogens (primary N) is 1. The van der Waals surface area contributed by atoms with Gasteiger partial charge in [-0.05, 0) is 35.9 Å². The summed E-state index contributed by atoms with van der Waals surface area (Å²) < 4.78 is 0. The van der Waals surface area contributed by atoms with Crippen LogP contribution >= 0.6 is 23.2 Å². The van der Waals surface area contributed by atoms with Crippen LogP contribution in [0.25, 0.3) is 0 Å². The minimum Gasteiger partial charge on any atom is -0.399 e. The van der Waals surface area contributed by atoms with Crippen LogP contribution in [0.3, 0.4) is 0 Å². The first-order valence-electron chi connectivity index (χ1n) is 7.20. The monoisotopic (exact) mass is 347 g/mol. The molecule has 0 fully saturated rings. The zero-order valence-electron chi connectivity index (χ0n) is 12.3. The van der Waals surface area contributed by atoms with Crippen molar-refractivity contribution in [1.29, 1.82) is 0 Å². The molecular weight excluding hydrogens is 333 g/mol. The maximum atomic E-state index is 12.4. The number of nitrogens with zero attached hydrogens (tertiary/aromatic N) is 2. The minimum absolute atomic E-state index is 0.0660. The minimum atomic E-state index is -0.0660. The number of benzene rings is 2. The Morgan fingerprint density at radius 1 is 1.22 bits per heavy atom. The van der Waals surface area contributed by atoms with Crippen LogP contribution in [0.15, 0.2) is 47.6 Å². The van der Waals surface area contributed by atoms with Crippen molar-refractivity contribution in [3.63, 3.8) is 0 Å². The lowest BCUT2D eigenvalue weighted by atomic mass is 10.1. The second-order valence-electron chi connectivity index (χ2n) is 5.36. The van der Waals surface area contributed by atoms with E-state index in [1.807, 2.05) is 12.1 Å². The summed E-state index contributed by atoms with van der Waals surface area (Å²) in [5.41, 5.74) is 8.81. The van der Waals surface area contributed by atoms with Crippen molar-refractivity contribution in [2.45, 2.75) is 12.8 Å². The summed E-state index contributed by atoms with van der Waals surface area (Å²) >= 11 is 12.2. The van der Waals surface area contributed by atoms with Gasteiger partial charge in [0, 0.05) is 27.7 Å².